The fourth-order valence-corrected chi connectivity index (χ4v) is 4.51. The van der Waals surface area contributed by atoms with Crippen LogP contribution in [0.25, 0.3) is 0 Å². The van der Waals surface area contributed by atoms with Gasteiger partial charge in [-0.2, -0.15) is 0 Å². The Labute approximate surface area is 180 Å². The molecule has 1 atom stereocenters. The molecule has 2 heterocycles. The Kier molecular flexibility index (Phi) is 6.24. The number of carbonyl (C=O) groups excluding carboxylic acids is 2. The summed E-state index contributed by atoms with van der Waals surface area (Å²) in [5.74, 6) is -0.423. The Balaban J connectivity index is 1.64. The average molecular weight is 428 g/mol. The van der Waals surface area contributed by atoms with Crippen molar-refractivity contribution < 1.29 is 19.1 Å². The lowest BCUT2D eigenvalue weighted by atomic mass is 9.94. The molecule has 1 N–H and O–H groups in total. The van der Waals surface area contributed by atoms with Crippen LogP contribution in [-0.2, 0) is 19.1 Å². The average Bonchev–Trinajstić information content (AvgIpc) is 3.47. The summed E-state index contributed by atoms with van der Waals surface area (Å²) in [7, 11) is 1.56. The first-order valence-electron chi connectivity index (χ1n) is 10.0. The highest BCUT2D eigenvalue weighted by atomic mass is 32.2. The molecular weight excluding hydrogens is 402 g/mol. The number of methoxy groups -OCH3 is 1. The molecule has 1 amide bonds. The molecule has 1 aromatic carbocycles. The van der Waals surface area contributed by atoms with Crippen LogP contribution >= 0.6 is 11.8 Å². The fraction of sp³-hybridized carbons (Fsp3) is 0.409. The molecule has 158 valence electrons. The lowest BCUT2D eigenvalue weighted by Gasteiger charge is -2.36. The number of allylic oxidation sites excluding steroid dienone is 1. The second-order valence-corrected chi connectivity index (χ2v) is 8.29. The molecule has 4 rings (SSSR count). The van der Waals surface area contributed by atoms with Gasteiger partial charge in [0.05, 0.1) is 30.3 Å². The molecule has 30 heavy (non-hydrogen) atoms. The van der Waals surface area contributed by atoms with Gasteiger partial charge in [0.1, 0.15) is 6.61 Å². The van der Waals surface area contributed by atoms with Gasteiger partial charge in [0.2, 0.25) is 5.91 Å². The summed E-state index contributed by atoms with van der Waals surface area (Å²) in [5, 5.41) is 5.75. The SMILES string of the molecule is COCCOC(=O)C1=C(C)N=C2SC=C(CC(=O)NC3CC3)N2C1c1ccccc1. The maximum Gasteiger partial charge on any atom is 0.338 e. The Morgan fingerprint density at radius 3 is 2.70 bits per heavy atom. The third-order valence-electron chi connectivity index (χ3n) is 5.14. The van der Waals surface area contributed by atoms with Crippen molar-refractivity contribution in [2.24, 2.45) is 4.99 Å². The quantitative estimate of drug-likeness (QED) is 0.507. The highest BCUT2D eigenvalue weighted by Crippen LogP contribution is 2.44. The topological polar surface area (TPSA) is 80.2 Å². The molecule has 1 fully saturated rings. The molecule has 8 heteroatoms. The molecule has 0 bridgehead atoms. The lowest BCUT2D eigenvalue weighted by Crippen LogP contribution is -2.38. The van der Waals surface area contributed by atoms with E-state index in [-0.39, 0.29) is 18.9 Å². The number of esters is 1. The highest BCUT2D eigenvalue weighted by molar-refractivity contribution is 8.16. The second kappa shape index (κ2) is 9.06. The number of hydrogen-bond acceptors (Lipinski definition) is 7. The van der Waals surface area contributed by atoms with Gasteiger partial charge < -0.3 is 19.7 Å². The Morgan fingerprint density at radius 1 is 1.23 bits per heavy atom. The van der Waals surface area contributed by atoms with Gasteiger partial charge in [-0.15, -0.1) is 0 Å². The number of aliphatic imine (C=N–C) groups is 1. The maximum absolute atomic E-state index is 13.0. The third-order valence-corrected chi connectivity index (χ3v) is 6.03. The smallest absolute Gasteiger partial charge is 0.338 e. The largest absolute Gasteiger partial charge is 0.460 e. The Bertz CT molecular complexity index is 922. The van der Waals surface area contributed by atoms with Crippen molar-refractivity contribution in [2.45, 2.75) is 38.3 Å². The summed E-state index contributed by atoms with van der Waals surface area (Å²) in [6.07, 6.45) is 2.33. The minimum Gasteiger partial charge on any atom is -0.460 e. The number of rotatable bonds is 8. The van der Waals surface area contributed by atoms with Gasteiger partial charge in [-0.1, -0.05) is 42.1 Å². The van der Waals surface area contributed by atoms with Crippen molar-refractivity contribution in [3.8, 4) is 0 Å². The fourth-order valence-electron chi connectivity index (χ4n) is 3.55. The van der Waals surface area contributed by atoms with Crippen LogP contribution in [0.4, 0.5) is 0 Å². The van der Waals surface area contributed by atoms with Crippen LogP contribution in [0.15, 0.2) is 57.7 Å². The standard InChI is InChI=1S/C22H25N3O4S/c1-14-19(21(27)29-11-10-28-2)20(15-6-4-3-5-7-15)25-17(13-30-22(25)23-14)12-18(26)24-16-8-9-16/h3-7,13,16,20H,8-12H2,1-2H3,(H,24,26). The highest BCUT2D eigenvalue weighted by Gasteiger charge is 2.41. The molecule has 1 unspecified atom stereocenters. The lowest BCUT2D eigenvalue weighted by molar-refractivity contribution is -0.141. The van der Waals surface area contributed by atoms with E-state index in [1.807, 2.05) is 47.6 Å². The minimum absolute atomic E-state index is 0.00657. The summed E-state index contributed by atoms with van der Waals surface area (Å²) < 4.78 is 10.4. The van der Waals surface area contributed by atoms with Crippen molar-refractivity contribution in [1.29, 1.82) is 0 Å². The number of hydrogen-bond donors (Lipinski definition) is 1. The minimum atomic E-state index is -0.417. The number of nitrogens with one attached hydrogen (secondary N) is 1. The van der Waals surface area contributed by atoms with Crippen LogP contribution in [0.5, 0.6) is 0 Å². The summed E-state index contributed by atoms with van der Waals surface area (Å²) >= 11 is 1.48. The summed E-state index contributed by atoms with van der Waals surface area (Å²) in [4.78, 5) is 32.1. The predicted octanol–water partition coefficient (Wildman–Crippen LogP) is 3.12. The van der Waals surface area contributed by atoms with Gasteiger partial charge in [0.15, 0.2) is 5.17 Å². The van der Waals surface area contributed by atoms with E-state index in [9.17, 15) is 9.59 Å². The van der Waals surface area contributed by atoms with Gasteiger partial charge >= 0.3 is 5.97 Å². The zero-order chi connectivity index (χ0) is 21.1. The van der Waals surface area contributed by atoms with E-state index < -0.39 is 12.0 Å². The number of amides is 1. The van der Waals surface area contributed by atoms with Crippen LogP contribution in [0, 0.1) is 0 Å². The molecule has 1 aromatic rings. The van der Waals surface area contributed by atoms with Crippen molar-refractivity contribution >= 4 is 28.8 Å². The van der Waals surface area contributed by atoms with Crippen LogP contribution in [0.1, 0.15) is 37.8 Å². The molecule has 2 aliphatic heterocycles. The first kappa shape index (κ1) is 20.7. The summed E-state index contributed by atoms with van der Waals surface area (Å²) in [6, 6.07) is 9.69. The van der Waals surface area contributed by atoms with Crippen molar-refractivity contribution in [1.82, 2.24) is 10.2 Å². The number of thioether (sulfide) groups is 1. The van der Waals surface area contributed by atoms with E-state index in [4.69, 9.17) is 9.47 Å². The monoisotopic (exact) mass is 427 g/mol. The molecule has 1 saturated carbocycles. The van der Waals surface area contributed by atoms with E-state index in [0.717, 1.165) is 29.3 Å². The van der Waals surface area contributed by atoms with Gasteiger partial charge in [-0.05, 0) is 30.7 Å². The number of ether oxygens (including phenoxy) is 2. The van der Waals surface area contributed by atoms with Crippen molar-refractivity contribution in [3.05, 3.63) is 58.3 Å². The zero-order valence-corrected chi connectivity index (χ0v) is 17.9. The zero-order valence-electron chi connectivity index (χ0n) is 17.1. The molecule has 0 spiro atoms. The van der Waals surface area contributed by atoms with E-state index in [2.05, 4.69) is 10.3 Å². The molecule has 0 radical (unpaired) electrons. The number of amidine groups is 1. The molecule has 3 aliphatic rings. The molecule has 0 aromatic heterocycles. The second-order valence-electron chi connectivity index (χ2n) is 7.45. The first-order valence-corrected chi connectivity index (χ1v) is 10.9. The van der Waals surface area contributed by atoms with Crippen LogP contribution in [0.2, 0.25) is 0 Å². The number of fused-ring (bicyclic) bond motifs is 1. The van der Waals surface area contributed by atoms with Gasteiger partial charge in [0.25, 0.3) is 0 Å². The van der Waals surface area contributed by atoms with Crippen molar-refractivity contribution in [2.75, 3.05) is 20.3 Å². The Morgan fingerprint density at radius 2 is 2.00 bits per heavy atom. The van der Waals surface area contributed by atoms with E-state index >= 15 is 0 Å². The first-order chi connectivity index (χ1) is 14.6. The van der Waals surface area contributed by atoms with Gasteiger partial charge in [-0.25, -0.2) is 9.79 Å². The number of benzene rings is 1. The van der Waals surface area contributed by atoms with E-state index in [1.54, 1.807) is 7.11 Å². The molecular formula is C22H25N3O4S. The molecule has 1 aliphatic carbocycles. The van der Waals surface area contributed by atoms with Crippen LogP contribution in [-0.4, -0.2) is 48.3 Å². The van der Waals surface area contributed by atoms with Crippen LogP contribution in [0.3, 0.4) is 0 Å². The normalized spacial score (nSPS) is 20.5. The number of carbonyl (C=O) groups is 2. The van der Waals surface area contributed by atoms with Gasteiger partial charge in [0, 0.05) is 18.8 Å². The van der Waals surface area contributed by atoms with E-state index in [0.29, 0.717) is 23.9 Å². The van der Waals surface area contributed by atoms with Crippen molar-refractivity contribution in [3.63, 3.8) is 0 Å². The van der Waals surface area contributed by atoms with E-state index in [1.165, 1.54) is 11.8 Å². The summed E-state index contributed by atoms with van der Waals surface area (Å²) in [6.45, 7) is 2.33. The number of nitrogens with zero attached hydrogens (tertiary/aromatic N) is 2. The van der Waals surface area contributed by atoms with Gasteiger partial charge in [-0.3, -0.25) is 4.79 Å². The third kappa shape index (κ3) is 4.44. The maximum atomic E-state index is 13.0. The Hall–Kier alpha value is -2.58. The summed E-state index contributed by atoms with van der Waals surface area (Å²) in [5.41, 5.74) is 2.89. The van der Waals surface area contributed by atoms with Crippen LogP contribution < -0.4 is 5.32 Å². The molecule has 7 nitrogen and oxygen atoms in total. The molecule has 0 saturated heterocycles. The predicted molar refractivity (Wildman–Crippen MR) is 115 cm³/mol.